The highest BCUT2D eigenvalue weighted by atomic mass is 16.6. The fourth-order valence-electron chi connectivity index (χ4n) is 8.04. The Morgan fingerprint density at radius 1 is 0.789 bits per heavy atom. The molecule has 0 N–H and O–H groups in total. The molecule has 2 atom stereocenters. The summed E-state index contributed by atoms with van der Waals surface area (Å²) >= 11 is 0. The Bertz CT molecular complexity index is 2110. The second-order valence-electron chi connectivity index (χ2n) is 17.4. The molecule has 2 bridgehead atoms. The molecule has 3 aliphatic heterocycles. The van der Waals surface area contributed by atoms with Gasteiger partial charge in [-0.05, 0) is 114 Å². The zero-order valence-electron chi connectivity index (χ0n) is 34.1. The summed E-state index contributed by atoms with van der Waals surface area (Å²) in [6, 6.07) is 18.8. The van der Waals surface area contributed by atoms with Crippen LogP contribution in [0.1, 0.15) is 104 Å². The summed E-state index contributed by atoms with van der Waals surface area (Å²) in [5.74, 6) is -0.154. The molecule has 0 aromatic heterocycles. The lowest BCUT2D eigenvalue weighted by Crippen LogP contribution is -2.66. The van der Waals surface area contributed by atoms with E-state index in [1.807, 2.05) is 75.1 Å². The topological polar surface area (TPSA) is 126 Å². The minimum absolute atomic E-state index is 0.00265. The summed E-state index contributed by atoms with van der Waals surface area (Å²) in [5.41, 5.74) is 3.84. The standard InChI is InChI=1S/C45H52N4O8/c1-27-30(12-11-15-37(27)55-8)24-47(31-20-21-31)41(52)38-35(29-18-16-28(17-19-29)23-48-39(50)33-13-9-10-14-34(33)40(48)51)22-32-25-46(42(53)56-44(2,3)4)26-36(38)49(32)43(54)57-45(5,6)7/h9-19,31-32,36H,20-26H2,1-8H3. The monoisotopic (exact) mass is 776 g/mol. The van der Waals surface area contributed by atoms with Crippen molar-refractivity contribution in [3.63, 3.8) is 0 Å². The molecule has 0 radical (unpaired) electrons. The Balaban J connectivity index is 1.30. The fraction of sp³-hybridized carbons (Fsp3) is 0.444. The zero-order chi connectivity index (χ0) is 41.0. The second kappa shape index (κ2) is 15.0. The van der Waals surface area contributed by atoms with Gasteiger partial charge in [0.25, 0.3) is 17.7 Å². The molecule has 12 nitrogen and oxygen atoms in total. The largest absolute Gasteiger partial charge is 0.496 e. The number of piperazine rings is 1. The maximum atomic E-state index is 15.4. The molecule has 3 aromatic rings. The molecule has 300 valence electrons. The maximum Gasteiger partial charge on any atom is 0.411 e. The van der Waals surface area contributed by atoms with Gasteiger partial charge in [0.15, 0.2) is 0 Å². The molecule has 7 rings (SSSR count). The third kappa shape index (κ3) is 8.13. The molecule has 12 heteroatoms. The number of amides is 5. The number of carbonyl (C=O) groups excluding carboxylic acids is 5. The smallest absolute Gasteiger partial charge is 0.411 e. The summed E-state index contributed by atoms with van der Waals surface area (Å²) in [6.45, 7) is 13.5. The molecule has 1 aliphatic carbocycles. The minimum atomic E-state index is -0.840. The maximum absolute atomic E-state index is 15.4. The molecule has 3 aromatic carbocycles. The highest BCUT2D eigenvalue weighted by Gasteiger charge is 2.51. The van der Waals surface area contributed by atoms with Gasteiger partial charge in [-0.2, -0.15) is 0 Å². The quantitative estimate of drug-likeness (QED) is 0.217. The van der Waals surface area contributed by atoms with Gasteiger partial charge >= 0.3 is 12.2 Å². The van der Waals surface area contributed by atoms with E-state index in [0.29, 0.717) is 23.2 Å². The van der Waals surface area contributed by atoms with Gasteiger partial charge in [-0.1, -0.05) is 48.5 Å². The van der Waals surface area contributed by atoms with Gasteiger partial charge in [0, 0.05) is 31.2 Å². The van der Waals surface area contributed by atoms with Crippen molar-refractivity contribution in [2.75, 3.05) is 20.2 Å². The van der Waals surface area contributed by atoms with Crippen molar-refractivity contribution in [2.24, 2.45) is 0 Å². The Hall–Kier alpha value is -5.65. The molecule has 5 amide bonds. The minimum Gasteiger partial charge on any atom is -0.496 e. The normalized spacial score (nSPS) is 19.4. The van der Waals surface area contributed by atoms with Crippen LogP contribution in [0.25, 0.3) is 5.57 Å². The molecule has 0 spiro atoms. The summed E-state index contributed by atoms with van der Waals surface area (Å²) < 4.78 is 17.4. The summed E-state index contributed by atoms with van der Waals surface area (Å²) in [7, 11) is 1.63. The first-order valence-corrected chi connectivity index (χ1v) is 19.6. The van der Waals surface area contributed by atoms with Crippen LogP contribution in [-0.2, 0) is 27.4 Å². The first-order valence-electron chi connectivity index (χ1n) is 19.6. The molecule has 57 heavy (non-hydrogen) atoms. The Kier molecular flexibility index (Phi) is 10.4. The van der Waals surface area contributed by atoms with Gasteiger partial charge in [0.05, 0.1) is 36.9 Å². The van der Waals surface area contributed by atoms with Crippen LogP contribution in [0.2, 0.25) is 0 Å². The van der Waals surface area contributed by atoms with Gasteiger partial charge in [-0.15, -0.1) is 0 Å². The molecule has 3 heterocycles. The van der Waals surface area contributed by atoms with Crippen LogP contribution in [0, 0.1) is 6.92 Å². The molecule has 2 unspecified atom stereocenters. The Morgan fingerprint density at radius 3 is 1.98 bits per heavy atom. The number of nitrogens with zero attached hydrogens (tertiary/aromatic N) is 4. The highest BCUT2D eigenvalue weighted by molar-refractivity contribution is 6.21. The average molecular weight is 777 g/mol. The lowest BCUT2D eigenvalue weighted by molar-refractivity contribution is -0.129. The fourth-order valence-corrected chi connectivity index (χ4v) is 8.04. The van der Waals surface area contributed by atoms with Gasteiger partial charge < -0.3 is 24.0 Å². The zero-order valence-corrected chi connectivity index (χ0v) is 34.1. The average Bonchev–Trinajstić information content (AvgIpc) is 3.96. The third-order valence-electron chi connectivity index (χ3n) is 10.9. The highest BCUT2D eigenvalue weighted by Crippen LogP contribution is 2.42. The van der Waals surface area contributed by atoms with Crippen molar-refractivity contribution in [3.05, 3.63) is 106 Å². The van der Waals surface area contributed by atoms with E-state index in [9.17, 15) is 19.2 Å². The Morgan fingerprint density at radius 2 is 1.40 bits per heavy atom. The lowest BCUT2D eigenvalue weighted by Gasteiger charge is -2.51. The van der Waals surface area contributed by atoms with Crippen molar-refractivity contribution in [3.8, 4) is 5.75 Å². The number of ether oxygens (including phenoxy) is 3. The summed E-state index contributed by atoms with van der Waals surface area (Å²) in [6.07, 6.45) is 0.891. The molecular formula is C45H52N4O8. The van der Waals surface area contributed by atoms with Crippen LogP contribution in [0.4, 0.5) is 9.59 Å². The number of benzene rings is 3. The van der Waals surface area contributed by atoms with E-state index in [-0.39, 0.29) is 49.8 Å². The van der Waals surface area contributed by atoms with Crippen LogP contribution in [0.3, 0.4) is 0 Å². The van der Waals surface area contributed by atoms with Crippen molar-refractivity contribution in [1.29, 1.82) is 0 Å². The van der Waals surface area contributed by atoms with Crippen LogP contribution in [-0.4, -0.2) is 99.0 Å². The van der Waals surface area contributed by atoms with Gasteiger partial charge in [0.1, 0.15) is 17.0 Å². The first kappa shape index (κ1) is 39.6. The van der Waals surface area contributed by atoms with Crippen LogP contribution < -0.4 is 4.74 Å². The van der Waals surface area contributed by atoms with Crippen molar-refractivity contribution in [1.82, 2.24) is 19.6 Å². The first-order chi connectivity index (χ1) is 26.9. The molecule has 4 aliphatic rings. The van der Waals surface area contributed by atoms with E-state index in [1.54, 1.807) is 61.9 Å². The van der Waals surface area contributed by atoms with Crippen LogP contribution >= 0.6 is 0 Å². The van der Waals surface area contributed by atoms with E-state index >= 15 is 4.79 Å². The molecule has 2 fully saturated rings. The van der Waals surface area contributed by atoms with Gasteiger partial charge in [0.2, 0.25) is 0 Å². The van der Waals surface area contributed by atoms with Crippen molar-refractivity contribution >= 4 is 35.5 Å². The van der Waals surface area contributed by atoms with Crippen LogP contribution in [0.5, 0.6) is 5.75 Å². The van der Waals surface area contributed by atoms with E-state index in [4.69, 9.17) is 14.2 Å². The van der Waals surface area contributed by atoms with E-state index in [1.165, 1.54) is 4.90 Å². The summed E-state index contributed by atoms with van der Waals surface area (Å²) in [4.78, 5) is 75.9. The van der Waals surface area contributed by atoms with Gasteiger partial charge in [-0.3, -0.25) is 24.2 Å². The lowest BCUT2D eigenvalue weighted by atomic mass is 9.81. The predicted octanol–water partition coefficient (Wildman–Crippen LogP) is 7.37. The van der Waals surface area contributed by atoms with Crippen molar-refractivity contribution < 1.29 is 38.2 Å². The number of methoxy groups -OCH3 is 1. The second-order valence-corrected chi connectivity index (χ2v) is 17.4. The number of carbonyl (C=O) groups is 5. The summed E-state index contributed by atoms with van der Waals surface area (Å²) in [5, 5.41) is 0. The molecular weight excluding hydrogens is 725 g/mol. The Labute approximate surface area is 334 Å². The predicted molar refractivity (Wildman–Crippen MR) is 213 cm³/mol. The molecule has 1 saturated carbocycles. The third-order valence-corrected chi connectivity index (χ3v) is 10.9. The number of hydrogen-bond acceptors (Lipinski definition) is 8. The number of imide groups is 1. The van der Waals surface area contributed by atoms with Crippen molar-refractivity contribution in [2.45, 2.75) is 110 Å². The van der Waals surface area contributed by atoms with E-state index in [2.05, 4.69) is 0 Å². The van der Waals surface area contributed by atoms with E-state index in [0.717, 1.165) is 46.4 Å². The van der Waals surface area contributed by atoms with E-state index < -0.39 is 35.5 Å². The number of hydrogen-bond donors (Lipinski definition) is 0. The van der Waals surface area contributed by atoms with Gasteiger partial charge in [-0.25, -0.2) is 9.59 Å². The van der Waals surface area contributed by atoms with Crippen LogP contribution in [0.15, 0.2) is 72.3 Å². The number of fused-ring (bicyclic) bond motifs is 3. The number of rotatable bonds is 8. The SMILES string of the molecule is COc1cccc(CN(C(=O)C2=C(c3ccc(CN4C(=O)c5ccccc5C4=O)cc3)CC3CN(C(=O)OC(C)(C)C)CC2N3C(=O)OC(C)(C)C)C2CC2)c1C. The molecule has 1 saturated heterocycles.